The number of para-hydroxylation sites is 2. The van der Waals surface area contributed by atoms with Crippen molar-refractivity contribution in [3.8, 4) is 11.5 Å². The zero-order valence-corrected chi connectivity index (χ0v) is 16.1. The van der Waals surface area contributed by atoms with Crippen molar-refractivity contribution >= 4 is 17.8 Å². The Balaban J connectivity index is 1.34. The third-order valence-electron chi connectivity index (χ3n) is 4.90. The molecule has 29 heavy (non-hydrogen) atoms. The molecule has 0 bridgehead atoms. The summed E-state index contributed by atoms with van der Waals surface area (Å²) in [7, 11) is 0. The number of hydrogen-bond acceptors (Lipinski definition) is 6. The van der Waals surface area contributed by atoms with Crippen molar-refractivity contribution in [2.75, 3.05) is 19.7 Å². The summed E-state index contributed by atoms with van der Waals surface area (Å²) in [6, 6.07) is 9.97. The topological polar surface area (TPSA) is 110 Å². The van der Waals surface area contributed by atoms with Crippen molar-refractivity contribution in [1.82, 2.24) is 15.5 Å². The molecule has 2 aromatic rings. The Labute approximate surface area is 166 Å². The number of aryl methyl sites for hydroxylation is 1. The average Bonchev–Trinajstić information content (AvgIpc) is 3.24. The minimum absolute atomic E-state index is 0.186. The van der Waals surface area contributed by atoms with E-state index in [9.17, 15) is 14.4 Å². The zero-order chi connectivity index (χ0) is 20.6. The van der Waals surface area contributed by atoms with E-state index in [1.54, 1.807) is 38.1 Å². The van der Waals surface area contributed by atoms with E-state index in [2.05, 4.69) is 10.6 Å². The lowest BCUT2D eigenvalue weighted by atomic mass is 9.99. The first-order valence-electron chi connectivity index (χ1n) is 9.23. The number of amides is 4. The van der Waals surface area contributed by atoms with Gasteiger partial charge in [0.1, 0.15) is 30.8 Å². The van der Waals surface area contributed by atoms with Crippen molar-refractivity contribution in [2.45, 2.75) is 25.5 Å². The van der Waals surface area contributed by atoms with Crippen LogP contribution in [0.5, 0.6) is 11.5 Å². The summed E-state index contributed by atoms with van der Waals surface area (Å²) in [6.07, 6.45) is -0.367. The number of ether oxygens (including phenoxy) is 2. The molecule has 9 heteroatoms. The van der Waals surface area contributed by atoms with E-state index in [0.29, 0.717) is 23.0 Å². The van der Waals surface area contributed by atoms with Crippen LogP contribution < -0.4 is 20.1 Å². The number of imide groups is 1. The molecule has 1 aromatic heterocycles. The highest BCUT2D eigenvalue weighted by atomic mass is 16.6. The summed E-state index contributed by atoms with van der Waals surface area (Å²) in [6.45, 7) is 3.37. The lowest BCUT2D eigenvalue weighted by Crippen LogP contribution is -2.46. The van der Waals surface area contributed by atoms with Crippen LogP contribution >= 0.6 is 0 Å². The first-order chi connectivity index (χ1) is 13.9. The van der Waals surface area contributed by atoms with Crippen LogP contribution in [0.3, 0.4) is 0 Å². The van der Waals surface area contributed by atoms with Gasteiger partial charge in [0.25, 0.3) is 5.91 Å². The number of fused-ring (bicyclic) bond motifs is 1. The van der Waals surface area contributed by atoms with Gasteiger partial charge in [0, 0.05) is 0 Å². The van der Waals surface area contributed by atoms with Crippen LogP contribution in [0.1, 0.15) is 18.4 Å². The molecule has 2 aliphatic rings. The van der Waals surface area contributed by atoms with Crippen LogP contribution in [0.25, 0.3) is 0 Å². The molecule has 0 radical (unpaired) electrons. The second-order valence-electron chi connectivity index (χ2n) is 7.16. The maximum absolute atomic E-state index is 12.8. The number of carbonyl (C=O) groups is 3. The van der Waals surface area contributed by atoms with Gasteiger partial charge in [-0.05, 0) is 38.1 Å². The highest BCUT2D eigenvalue weighted by molar-refractivity contribution is 6.08. The Kier molecular flexibility index (Phi) is 4.65. The first-order valence-corrected chi connectivity index (χ1v) is 9.23. The molecule has 2 unspecified atom stereocenters. The molecular formula is C20H21N3O6. The fraction of sp³-hybridized carbons (Fsp3) is 0.350. The fourth-order valence-corrected chi connectivity index (χ4v) is 3.30. The normalized spacial score (nSPS) is 23.1. The van der Waals surface area contributed by atoms with Gasteiger partial charge in [-0.2, -0.15) is 0 Å². The molecule has 1 fully saturated rings. The van der Waals surface area contributed by atoms with Crippen LogP contribution in [0.4, 0.5) is 4.79 Å². The second kappa shape index (κ2) is 7.16. The van der Waals surface area contributed by atoms with Crippen molar-refractivity contribution < 1.29 is 28.3 Å². The molecule has 3 heterocycles. The monoisotopic (exact) mass is 399 g/mol. The summed E-state index contributed by atoms with van der Waals surface area (Å²) in [4.78, 5) is 38.3. The summed E-state index contributed by atoms with van der Waals surface area (Å²) < 4.78 is 16.9. The average molecular weight is 399 g/mol. The van der Waals surface area contributed by atoms with Gasteiger partial charge in [-0.1, -0.05) is 12.1 Å². The Morgan fingerprint density at radius 1 is 1.24 bits per heavy atom. The quantitative estimate of drug-likeness (QED) is 0.734. The predicted octanol–water partition coefficient (Wildman–Crippen LogP) is 1.31. The van der Waals surface area contributed by atoms with Gasteiger partial charge in [-0.3, -0.25) is 14.5 Å². The number of rotatable bonds is 5. The Morgan fingerprint density at radius 2 is 2.00 bits per heavy atom. The van der Waals surface area contributed by atoms with Gasteiger partial charge in [-0.25, -0.2) is 4.79 Å². The predicted molar refractivity (Wildman–Crippen MR) is 100 cm³/mol. The van der Waals surface area contributed by atoms with Gasteiger partial charge in [-0.15, -0.1) is 0 Å². The van der Waals surface area contributed by atoms with Crippen molar-refractivity contribution in [1.29, 1.82) is 0 Å². The molecule has 2 aliphatic heterocycles. The van der Waals surface area contributed by atoms with Gasteiger partial charge < -0.3 is 24.5 Å². The maximum atomic E-state index is 12.8. The molecule has 1 aromatic carbocycles. The zero-order valence-electron chi connectivity index (χ0n) is 16.1. The van der Waals surface area contributed by atoms with Gasteiger partial charge in [0.05, 0.1) is 6.54 Å². The van der Waals surface area contributed by atoms with E-state index in [-0.39, 0.29) is 19.3 Å². The van der Waals surface area contributed by atoms with Crippen LogP contribution in [0.15, 0.2) is 40.8 Å². The minimum atomic E-state index is -1.34. The summed E-state index contributed by atoms with van der Waals surface area (Å²) in [5.41, 5.74) is -1.34. The molecule has 0 saturated carbocycles. The molecule has 9 nitrogen and oxygen atoms in total. The molecular weight excluding hydrogens is 378 g/mol. The minimum Gasteiger partial charge on any atom is -0.486 e. The Bertz CT molecular complexity index is 971. The highest BCUT2D eigenvalue weighted by Gasteiger charge is 2.51. The van der Waals surface area contributed by atoms with Crippen molar-refractivity contribution in [3.63, 3.8) is 0 Å². The first kappa shape index (κ1) is 18.9. The lowest BCUT2D eigenvalue weighted by Gasteiger charge is -2.26. The number of urea groups is 1. The molecule has 4 rings (SSSR count). The smallest absolute Gasteiger partial charge is 0.325 e. The summed E-state index contributed by atoms with van der Waals surface area (Å²) >= 11 is 0. The van der Waals surface area contributed by atoms with Crippen LogP contribution in [-0.4, -0.2) is 48.5 Å². The van der Waals surface area contributed by atoms with E-state index >= 15 is 0 Å². The number of carbonyl (C=O) groups excluding carboxylic acids is 3. The van der Waals surface area contributed by atoms with E-state index in [0.717, 1.165) is 4.90 Å². The lowest BCUT2D eigenvalue weighted by molar-refractivity contribution is -0.135. The molecule has 152 valence electrons. The van der Waals surface area contributed by atoms with Crippen molar-refractivity contribution in [3.05, 3.63) is 47.9 Å². The standard InChI is InChI=1S/C20H21N3O6/c1-12-7-8-16(28-12)20(2)18(25)23(19(26)22-20)10-17(24)21-9-13-11-27-14-5-3-4-6-15(14)29-13/h3-8,13H,9-11H2,1-2H3,(H,21,24)(H,22,26). The highest BCUT2D eigenvalue weighted by Crippen LogP contribution is 2.31. The maximum Gasteiger partial charge on any atom is 0.325 e. The number of benzene rings is 1. The molecule has 0 spiro atoms. The van der Waals surface area contributed by atoms with Gasteiger partial charge in [0.2, 0.25) is 5.91 Å². The van der Waals surface area contributed by atoms with E-state index in [1.807, 2.05) is 12.1 Å². The van der Waals surface area contributed by atoms with Gasteiger partial charge >= 0.3 is 6.03 Å². The SMILES string of the molecule is Cc1ccc(C2(C)NC(=O)N(CC(=O)NCC3COc4ccccc4O3)C2=O)o1. The number of hydrogen-bond donors (Lipinski definition) is 2. The Morgan fingerprint density at radius 3 is 2.72 bits per heavy atom. The van der Waals surface area contributed by atoms with Crippen LogP contribution in [0.2, 0.25) is 0 Å². The fourth-order valence-electron chi connectivity index (χ4n) is 3.30. The second-order valence-corrected chi connectivity index (χ2v) is 7.16. The third kappa shape index (κ3) is 3.51. The number of furan rings is 1. The number of nitrogens with one attached hydrogen (secondary N) is 2. The summed E-state index contributed by atoms with van der Waals surface area (Å²) in [5.74, 6) is 1.19. The molecule has 2 atom stereocenters. The van der Waals surface area contributed by atoms with E-state index < -0.39 is 29.9 Å². The molecule has 0 aliphatic carbocycles. The number of nitrogens with zero attached hydrogens (tertiary/aromatic N) is 1. The van der Waals surface area contributed by atoms with Crippen LogP contribution in [0, 0.1) is 6.92 Å². The summed E-state index contributed by atoms with van der Waals surface area (Å²) in [5, 5.41) is 5.28. The van der Waals surface area contributed by atoms with Crippen LogP contribution in [-0.2, 0) is 15.1 Å². The Hall–Kier alpha value is -3.49. The molecule has 4 amide bonds. The van der Waals surface area contributed by atoms with E-state index in [1.165, 1.54) is 0 Å². The molecule has 1 saturated heterocycles. The van der Waals surface area contributed by atoms with Gasteiger partial charge in [0.15, 0.2) is 17.0 Å². The van der Waals surface area contributed by atoms with E-state index in [4.69, 9.17) is 13.9 Å². The molecule has 2 N–H and O–H groups in total. The third-order valence-corrected chi connectivity index (χ3v) is 4.90. The largest absolute Gasteiger partial charge is 0.486 e. The van der Waals surface area contributed by atoms with Crippen molar-refractivity contribution in [2.24, 2.45) is 0 Å².